The molecule has 0 amide bonds. The molecule has 0 bridgehead atoms. The van der Waals surface area contributed by atoms with Crippen molar-refractivity contribution in [2.45, 2.75) is 38.0 Å². The van der Waals surface area contributed by atoms with E-state index in [9.17, 15) is 0 Å². The van der Waals surface area contributed by atoms with Gasteiger partial charge in [-0.1, -0.05) is 11.8 Å². The van der Waals surface area contributed by atoms with Gasteiger partial charge in [-0.15, -0.1) is 11.3 Å². The van der Waals surface area contributed by atoms with Crippen molar-refractivity contribution >= 4 is 28.3 Å². The van der Waals surface area contributed by atoms with Crippen LogP contribution in [0, 0.1) is 12.8 Å². The number of nitrogens with one attached hydrogen (secondary N) is 1. The summed E-state index contributed by atoms with van der Waals surface area (Å²) in [5, 5.41) is 8.59. The lowest BCUT2D eigenvalue weighted by atomic mass is 10.3. The van der Waals surface area contributed by atoms with Gasteiger partial charge in [0.25, 0.3) is 0 Å². The van der Waals surface area contributed by atoms with Gasteiger partial charge in [0, 0.05) is 16.3 Å². The second kappa shape index (κ2) is 4.61. The highest BCUT2D eigenvalue weighted by Gasteiger charge is 2.35. The molecule has 1 saturated carbocycles. The molecule has 3 nitrogen and oxygen atoms in total. The number of thiazole rings is 1. The summed E-state index contributed by atoms with van der Waals surface area (Å²) in [4.78, 5) is 9.11. The van der Waals surface area contributed by atoms with Gasteiger partial charge >= 0.3 is 0 Å². The predicted molar refractivity (Wildman–Crippen MR) is 74.8 cm³/mol. The van der Waals surface area contributed by atoms with E-state index >= 15 is 0 Å². The average molecular weight is 267 g/mol. The first kappa shape index (κ1) is 11.5. The molecule has 1 aliphatic carbocycles. The third kappa shape index (κ3) is 2.65. The van der Waals surface area contributed by atoms with Crippen LogP contribution in [0.4, 0.5) is 0 Å². The highest BCUT2D eigenvalue weighted by molar-refractivity contribution is 8.14. The maximum absolute atomic E-state index is 4.60. The van der Waals surface area contributed by atoms with Crippen molar-refractivity contribution in [2.75, 3.05) is 6.54 Å². The molecule has 2 heterocycles. The molecular weight excluding hydrogens is 250 g/mol. The summed E-state index contributed by atoms with van der Waals surface area (Å²) in [6.07, 6.45) is 2.81. The van der Waals surface area contributed by atoms with Crippen LogP contribution in [-0.4, -0.2) is 21.9 Å². The molecule has 3 rings (SSSR count). The van der Waals surface area contributed by atoms with Gasteiger partial charge in [-0.25, -0.2) is 4.98 Å². The van der Waals surface area contributed by atoms with Crippen LogP contribution in [0.2, 0.25) is 0 Å². The fourth-order valence-electron chi connectivity index (χ4n) is 2.00. The minimum atomic E-state index is 0.276. The number of thioether (sulfide) groups is 1. The molecule has 0 saturated heterocycles. The molecule has 2 aliphatic rings. The molecule has 1 aliphatic heterocycles. The maximum atomic E-state index is 4.60. The van der Waals surface area contributed by atoms with E-state index in [1.807, 2.05) is 18.7 Å². The Bertz CT molecular complexity index is 437. The molecule has 1 aromatic heterocycles. The molecule has 0 radical (unpaired) electrons. The summed E-state index contributed by atoms with van der Waals surface area (Å²) in [5.41, 5.74) is 1.11. The van der Waals surface area contributed by atoms with Crippen molar-refractivity contribution in [2.24, 2.45) is 10.9 Å². The third-order valence-electron chi connectivity index (χ3n) is 3.17. The van der Waals surface area contributed by atoms with E-state index in [4.69, 9.17) is 0 Å². The standard InChI is InChI=1S/C12H17N3S2/c1-7-6-16-11(14-7)8(2)15-12-13-5-10(17-12)9-3-4-9/h6,8-10H,3-5H2,1-2H3,(H,13,15). The Morgan fingerprint density at radius 1 is 1.47 bits per heavy atom. The summed E-state index contributed by atoms with van der Waals surface area (Å²) in [6, 6.07) is 0.276. The van der Waals surface area contributed by atoms with Crippen molar-refractivity contribution < 1.29 is 0 Å². The van der Waals surface area contributed by atoms with Gasteiger partial charge in [0.1, 0.15) is 5.01 Å². The van der Waals surface area contributed by atoms with E-state index in [1.165, 1.54) is 12.8 Å². The van der Waals surface area contributed by atoms with Crippen LogP contribution in [0.5, 0.6) is 0 Å². The Balaban J connectivity index is 1.56. The van der Waals surface area contributed by atoms with Gasteiger partial charge in [-0.05, 0) is 32.6 Å². The Kier molecular flexibility index (Phi) is 3.13. The van der Waals surface area contributed by atoms with Crippen LogP contribution < -0.4 is 5.32 Å². The van der Waals surface area contributed by atoms with Crippen LogP contribution in [-0.2, 0) is 0 Å². The largest absolute Gasteiger partial charge is 0.356 e. The third-order valence-corrected chi connectivity index (χ3v) is 5.63. The maximum Gasteiger partial charge on any atom is 0.157 e. The number of aryl methyl sites for hydroxylation is 1. The molecule has 17 heavy (non-hydrogen) atoms. The van der Waals surface area contributed by atoms with E-state index in [-0.39, 0.29) is 6.04 Å². The van der Waals surface area contributed by atoms with Crippen LogP contribution in [0.1, 0.15) is 36.5 Å². The smallest absolute Gasteiger partial charge is 0.157 e. The van der Waals surface area contributed by atoms with Crippen LogP contribution in [0.15, 0.2) is 10.4 Å². The summed E-state index contributed by atoms with van der Waals surface area (Å²) >= 11 is 3.65. The van der Waals surface area contributed by atoms with Crippen molar-refractivity contribution in [3.05, 3.63) is 16.1 Å². The molecule has 1 aromatic rings. The second-order valence-corrected chi connectivity index (χ2v) is 6.95. The lowest BCUT2D eigenvalue weighted by molar-refractivity contribution is 0.712. The minimum Gasteiger partial charge on any atom is -0.356 e. The van der Waals surface area contributed by atoms with Crippen molar-refractivity contribution in [3.8, 4) is 0 Å². The SMILES string of the molecule is Cc1csc(C(C)NC2=NCC(C3CC3)S2)n1. The summed E-state index contributed by atoms with van der Waals surface area (Å²) in [5.74, 6) is 0.931. The lowest BCUT2D eigenvalue weighted by Crippen LogP contribution is -2.23. The Labute approximate surface area is 110 Å². The van der Waals surface area contributed by atoms with Gasteiger partial charge in [0.15, 0.2) is 5.17 Å². The number of rotatable bonds is 3. The molecule has 92 valence electrons. The van der Waals surface area contributed by atoms with E-state index in [1.54, 1.807) is 11.3 Å². The second-order valence-electron chi connectivity index (χ2n) is 4.83. The number of aliphatic imine (C=N–C) groups is 1. The zero-order chi connectivity index (χ0) is 11.8. The molecule has 2 unspecified atom stereocenters. The summed E-state index contributed by atoms with van der Waals surface area (Å²) < 4.78 is 0. The number of amidine groups is 1. The predicted octanol–water partition coefficient (Wildman–Crippen LogP) is 2.98. The lowest BCUT2D eigenvalue weighted by Gasteiger charge is -2.12. The van der Waals surface area contributed by atoms with Crippen LogP contribution in [0.3, 0.4) is 0 Å². The Morgan fingerprint density at radius 3 is 2.94 bits per heavy atom. The van der Waals surface area contributed by atoms with Crippen LogP contribution in [0.25, 0.3) is 0 Å². The average Bonchev–Trinajstić information content (AvgIpc) is 2.90. The fraction of sp³-hybridized carbons (Fsp3) is 0.667. The zero-order valence-electron chi connectivity index (χ0n) is 10.1. The van der Waals surface area contributed by atoms with E-state index in [0.717, 1.165) is 33.6 Å². The number of hydrogen-bond donors (Lipinski definition) is 1. The highest BCUT2D eigenvalue weighted by Crippen LogP contribution is 2.41. The molecule has 0 spiro atoms. The molecule has 2 atom stereocenters. The fourth-order valence-corrected chi connectivity index (χ4v) is 4.10. The molecule has 1 N–H and O–H groups in total. The number of hydrogen-bond acceptors (Lipinski definition) is 5. The normalized spacial score (nSPS) is 25.8. The van der Waals surface area contributed by atoms with Gasteiger partial charge in [0.2, 0.25) is 0 Å². The zero-order valence-corrected chi connectivity index (χ0v) is 11.8. The molecule has 1 fully saturated rings. The van der Waals surface area contributed by atoms with E-state index in [0.29, 0.717) is 0 Å². The van der Waals surface area contributed by atoms with Crippen molar-refractivity contribution in [1.82, 2.24) is 10.3 Å². The summed E-state index contributed by atoms with van der Waals surface area (Å²) in [6.45, 7) is 5.20. The van der Waals surface area contributed by atoms with Gasteiger partial charge in [0.05, 0.1) is 12.6 Å². The highest BCUT2D eigenvalue weighted by atomic mass is 32.2. The molecule has 5 heteroatoms. The van der Waals surface area contributed by atoms with Crippen molar-refractivity contribution in [3.63, 3.8) is 0 Å². The molecular formula is C12H17N3S2. The number of aromatic nitrogens is 1. The minimum absolute atomic E-state index is 0.276. The number of nitrogens with zero attached hydrogens (tertiary/aromatic N) is 2. The first-order chi connectivity index (χ1) is 8.22. The topological polar surface area (TPSA) is 37.3 Å². The Hall–Kier alpha value is -0.550. The van der Waals surface area contributed by atoms with Crippen LogP contribution >= 0.6 is 23.1 Å². The van der Waals surface area contributed by atoms with Gasteiger partial charge < -0.3 is 5.32 Å². The van der Waals surface area contributed by atoms with Gasteiger partial charge in [-0.2, -0.15) is 0 Å². The summed E-state index contributed by atoms with van der Waals surface area (Å²) in [7, 11) is 0. The van der Waals surface area contributed by atoms with Gasteiger partial charge in [-0.3, -0.25) is 4.99 Å². The molecule has 0 aromatic carbocycles. The Morgan fingerprint density at radius 2 is 2.29 bits per heavy atom. The monoisotopic (exact) mass is 267 g/mol. The first-order valence-corrected chi connectivity index (χ1v) is 7.88. The first-order valence-electron chi connectivity index (χ1n) is 6.12. The van der Waals surface area contributed by atoms with Crippen molar-refractivity contribution in [1.29, 1.82) is 0 Å². The quantitative estimate of drug-likeness (QED) is 0.915. The van der Waals surface area contributed by atoms with E-state index < -0.39 is 0 Å². The van der Waals surface area contributed by atoms with E-state index in [2.05, 4.69) is 27.6 Å².